The van der Waals surface area contributed by atoms with E-state index in [1.54, 1.807) is 11.0 Å². The molecule has 0 aliphatic carbocycles. The van der Waals surface area contributed by atoms with Crippen molar-refractivity contribution in [1.29, 1.82) is 0 Å². The SMILES string of the molecule is CS(=O)(=O)Nc1cc(C(=O)N2CCN(Cc3ccc(Cl)cc3)CC2)ccc1Cl. The summed E-state index contributed by atoms with van der Waals surface area (Å²) in [4.78, 5) is 16.9. The van der Waals surface area contributed by atoms with Crippen molar-refractivity contribution in [1.82, 2.24) is 9.80 Å². The second-order valence-corrected chi connectivity index (χ2v) is 9.36. The van der Waals surface area contributed by atoms with Crippen molar-refractivity contribution in [2.75, 3.05) is 37.2 Å². The molecule has 0 aromatic heterocycles. The molecule has 9 heteroatoms. The van der Waals surface area contributed by atoms with Gasteiger partial charge in [-0.1, -0.05) is 35.3 Å². The van der Waals surface area contributed by atoms with Gasteiger partial charge in [-0.2, -0.15) is 0 Å². The number of nitrogens with one attached hydrogen (secondary N) is 1. The number of rotatable bonds is 5. The van der Waals surface area contributed by atoms with Gasteiger partial charge in [0, 0.05) is 43.3 Å². The second-order valence-electron chi connectivity index (χ2n) is 6.76. The van der Waals surface area contributed by atoms with Crippen molar-refractivity contribution in [2.24, 2.45) is 0 Å². The minimum absolute atomic E-state index is 0.139. The summed E-state index contributed by atoms with van der Waals surface area (Å²) in [5, 5.41) is 0.960. The zero-order valence-electron chi connectivity index (χ0n) is 15.4. The van der Waals surface area contributed by atoms with Gasteiger partial charge in [-0.05, 0) is 35.9 Å². The van der Waals surface area contributed by atoms with Crippen molar-refractivity contribution < 1.29 is 13.2 Å². The number of piperazine rings is 1. The van der Waals surface area contributed by atoms with E-state index in [-0.39, 0.29) is 16.6 Å². The van der Waals surface area contributed by atoms with Gasteiger partial charge in [0.15, 0.2) is 0 Å². The van der Waals surface area contributed by atoms with Crippen molar-refractivity contribution >= 4 is 44.8 Å². The van der Waals surface area contributed by atoms with E-state index in [2.05, 4.69) is 9.62 Å². The number of benzene rings is 2. The lowest BCUT2D eigenvalue weighted by atomic mass is 10.1. The van der Waals surface area contributed by atoms with Crippen molar-refractivity contribution in [2.45, 2.75) is 6.54 Å². The van der Waals surface area contributed by atoms with Gasteiger partial charge in [0.2, 0.25) is 10.0 Å². The van der Waals surface area contributed by atoms with E-state index in [1.165, 1.54) is 17.7 Å². The monoisotopic (exact) mass is 441 g/mol. The first-order valence-electron chi connectivity index (χ1n) is 8.75. The highest BCUT2D eigenvalue weighted by atomic mass is 35.5. The fourth-order valence-electron chi connectivity index (χ4n) is 3.08. The molecule has 0 saturated carbocycles. The quantitative estimate of drug-likeness (QED) is 0.772. The summed E-state index contributed by atoms with van der Waals surface area (Å²) in [5.74, 6) is -0.139. The Morgan fingerprint density at radius 3 is 2.29 bits per heavy atom. The van der Waals surface area contributed by atoms with Crippen LogP contribution in [0.3, 0.4) is 0 Å². The van der Waals surface area contributed by atoms with Gasteiger partial charge in [0.1, 0.15) is 0 Å². The lowest BCUT2D eigenvalue weighted by Crippen LogP contribution is -2.48. The standard InChI is InChI=1S/C19H21Cl2N3O3S/c1-28(26,27)22-18-12-15(4-7-17(18)21)19(25)24-10-8-23(9-11-24)13-14-2-5-16(20)6-3-14/h2-7,12,22H,8-11,13H2,1H3. The van der Waals surface area contributed by atoms with E-state index in [1.807, 2.05) is 24.3 Å². The first-order valence-corrected chi connectivity index (χ1v) is 11.4. The number of nitrogens with zero attached hydrogens (tertiary/aromatic N) is 2. The molecule has 1 heterocycles. The molecule has 2 aromatic rings. The van der Waals surface area contributed by atoms with Crippen LogP contribution in [-0.4, -0.2) is 56.6 Å². The third kappa shape index (κ3) is 5.61. The molecule has 2 aromatic carbocycles. The Morgan fingerprint density at radius 2 is 1.68 bits per heavy atom. The summed E-state index contributed by atoms with van der Waals surface area (Å²) >= 11 is 12.0. The van der Waals surface area contributed by atoms with Crippen LogP contribution in [-0.2, 0) is 16.6 Å². The number of carbonyl (C=O) groups is 1. The second kappa shape index (κ2) is 8.69. The van der Waals surface area contributed by atoms with Gasteiger partial charge in [-0.25, -0.2) is 8.42 Å². The first-order chi connectivity index (χ1) is 13.2. The van der Waals surface area contributed by atoms with Crippen LogP contribution in [0.5, 0.6) is 0 Å². The van der Waals surface area contributed by atoms with E-state index >= 15 is 0 Å². The van der Waals surface area contributed by atoms with Crippen molar-refractivity contribution in [3.63, 3.8) is 0 Å². The number of hydrogen-bond donors (Lipinski definition) is 1. The van der Waals surface area contributed by atoms with Crippen LogP contribution in [0, 0.1) is 0 Å². The summed E-state index contributed by atoms with van der Waals surface area (Å²) < 4.78 is 25.3. The molecular formula is C19H21Cl2N3O3S. The summed E-state index contributed by atoms with van der Waals surface area (Å²) in [6, 6.07) is 12.4. The normalized spacial score (nSPS) is 15.5. The maximum atomic E-state index is 12.8. The molecule has 1 saturated heterocycles. The van der Waals surface area contributed by atoms with Crippen LogP contribution in [0.15, 0.2) is 42.5 Å². The minimum atomic E-state index is -3.48. The Bertz CT molecular complexity index is 957. The average molecular weight is 442 g/mol. The molecule has 3 rings (SSSR count). The Labute approximate surface area is 175 Å². The van der Waals surface area contributed by atoms with Gasteiger partial charge in [0.25, 0.3) is 5.91 Å². The molecule has 6 nitrogen and oxygen atoms in total. The summed E-state index contributed by atoms with van der Waals surface area (Å²) in [7, 11) is -3.48. The molecule has 150 valence electrons. The molecule has 1 fully saturated rings. The highest BCUT2D eigenvalue weighted by Gasteiger charge is 2.23. The van der Waals surface area contributed by atoms with E-state index in [4.69, 9.17) is 23.2 Å². The average Bonchev–Trinajstić information content (AvgIpc) is 2.64. The predicted molar refractivity (Wildman–Crippen MR) is 113 cm³/mol. The molecule has 0 radical (unpaired) electrons. The molecule has 0 atom stereocenters. The number of sulfonamides is 1. The molecule has 0 bridgehead atoms. The number of amides is 1. The Morgan fingerprint density at radius 1 is 1.04 bits per heavy atom. The van der Waals surface area contributed by atoms with Crippen LogP contribution in [0.1, 0.15) is 15.9 Å². The van der Waals surface area contributed by atoms with Gasteiger partial charge < -0.3 is 4.90 Å². The summed E-state index contributed by atoms with van der Waals surface area (Å²) in [6.45, 7) is 3.53. The van der Waals surface area contributed by atoms with Crippen molar-refractivity contribution in [3.05, 3.63) is 63.6 Å². The summed E-state index contributed by atoms with van der Waals surface area (Å²) in [5.41, 5.74) is 1.79. The first kappa shape index (κ1) is 20.9. The number of halogens is 2. The Kier molecular flexibility index (Phi) is 6.50. The minimum Gasteiger partial charge on any atom is -0.336 e. The molecular weight excluding hydrogens is 421 g/mol. The lowest BCUT2D eigenvalue weighted by Gasteiger charge is -2.35. The molecule has 0 spiro atoms. The fourth-order valence-corrected chi connectivity index (χ4v) is 3.99. The predicted octanol–water partition coefficient (Wildman–Crippen LogP) is 3.32. The molecule has 28 heavy (non-hydrogen) atoms. The van der Waals surface area contributed by atoms with E-state index in [0.29, 0.717) is 23.7 Å². The Hall–Kier alpha value is -1.80. The van der Waals surface area contributed by atoms with Crippen LogP contribution in [0.4, 0.5) is 5.69 Å². The number of anilines is 1. The van der Waals surface area contributed by atoms with Gasteiger partial charge in [-0.3, -0.25) is 14.4 Å². The highest BCUT2D eigenvalue weighted by molar-refractivity contribution is 7.92. The number of hydrogen-bond acceptors (Lipinski definition) is 4. The zero-order valence-corrected chi connectivity index (χ0v) is 17.7. The van der Waals surface area contributed by atoms with Crippen LogP contribution in [0.2, 0.25) is 10.0 Å². The van der Waals surface area contributed by atoms with Gasteiger partial charge in [-0.15, -0.1) is 0 Å². The molecule has 1 aliphatic rings. The smallest absolute Gasteiger partial charge is 0.254 e. The van der Waals surface area contributed by atoms with Crippen molar-refractivity contribution in [3.8, 4) is 0 Å². The fraction of sp³-hybridized carbons (Fsp3) is 0.316. The van der Waals surface area contributed by atoms with Gasteiger partial charge in [0.05, 0.1) is 17.0 Å². The zero-order chi connectivity index (χ0) is 20.3. The van der Waals surface area contributed by atoms with Crippen LogP contribution in [0.25, 0.3) is 0 Å². The van der Waals surface area contributed by atoms with Gasteiger partial charge >= 0.3 is 0 Å². The summed E-state index contributed by atoms with van der Waals surface area (Å²) in [6.07, 6.45) is 1.04. The maximum absolute atomic E-state index is 12.8. The highest BCUT2D eigenvalue weighted by Crippen LogP contribution is 2.25. The third-order valence-electron chi connectivity index (χ3n) is 4.49. The number of carbonyl (C=O) groups excluding carboxylic acids is 1. The topological polar surface area (TPSA) is 69.7 Å². The molecule has 0 unspecified atom stereocenters. The molecule has 1 N–H and O–H groups in total. The molecule has 1 amide bonds. The van der Waals surface area contributed by atoms with E-state index in [9.17, 15) is 13.2 Å². The lowest BCUT2D eigenvalue weighted by molar-refractivity contribution is 0.0628. The van der Waals surface area contributed by atoms with E-state index < -0.39 is 10.0 Å². The maximum Gasteiger partial charge on any atom is 0.254 e. The van der Waals surface area contributed by atoms with E-state index in [0.717, 1.165) is 25.9 Å². The third-order valence-corrected chi connectivity index (χ3v) is 5.66. The largest absolute Gasteiger partial charge is 0.336 e. The van der Waals surface area contributed by atoms with Crippen LogP contribution < -0.4 is 4.72 Å². The Balaban J connectivity index is 1.62. The van der Waals surface area contributed by atoms with Crippen LogP contribution >= 0.6 is 23.2 Å². The molecule has 1 aliphatic heterocycles.